The lowest BCUT2D eigenvalue weighted by Crippen LogP contribution is -2.22. The average molecular weight is 476 g/mol. The van der Waals surface area contributed by atoms with E-state index in [2.05, 4.69) is 4.98 Å². The van der Waals surface area contributed by atoms with Crippen LogP contribution in [0.4, 0.5) is 0 Å². The first-order chi connectivity index (χ1) is 17.7. The molecule has 4 aromatic rings. The molecule has 0 bridgehead atoms. The number of carbonyl (C=O) groups is 2. The van der Waals surface area contributed by atoms with Crippen molar-refractivity contribution < 1.29 is 23.8 Å². The number of ketones is 1. The second kappa shape index (κ2) is 9.15. The SMILES string of the molecule is O=C1CC(c2ccccc2OCc2ccccn2)c2c(ccc3c2OC(=Cc2ccccc2)C3=O)O1. The lowest BCUT2D eigenvalue weighted by Gasteiger charge is -2.27. The minimum Gasteiger partial charge on any atom is -0.487 e. The summed E-state index contributed by atoms with van der Waals surface area (Å²) in [4.78, 5) is 30.1. The molecular weight excluding hydrogens is 454 g/mol. The third-order valence-electron chi connectivity index (χ3n) is 6.27. The zero-order chi connectivity index (χ0) is 24.5. The van der Waals surface area contributed by atoms with Crippen LogP contribution in [0.3, 0.4) is 0 Å². The van der Waals surface area contributed by atoms with E-state index in [4.69, 9.17) is 14.2 Å². The van der Waals surface area contributed by atoms with E-state index in [9.17, 15) is 9.59 Å². The Morgan fingerprint density at radius 3 is 2.53 bits per heavy atom. The Morgan fingerprint density at radius 1 is 0.889 bits per heavy atom. The van der Waals surface area contributed by atoms with E-state index in [1.54, 1.807) is 24.4 Å². The Balaban J connectivity index is 1.40. The van der Waals surface area contributed by atoms with Crippen LogP contribution in [0.5, 0.6) is 17.2 Å². The quantitative estimate of drug-likeness (QED) is 0.209. The van der Waals surface area contributed by atoms with Crippen molar-refractivity contribution in [2.45, 2.75) is 18.9 Å². The fourth-order valence-corrected chi connectivity index (χ4v) is 4.61. The van der Waals surface area contributed by atoms with Crippen LogP contribution in [-0.2, 0) is 11.4 Å². The van der Waals surface area contributed by atoms with Gasteiger partial charge in [0.25, 0.3) is 0 Å². The van der Waals surface area contributed by atoms with Crippen molar-refractivity contribution in [2.75, 3.05) is 0 Å². The number of ether oxygens (including phenoxy) is 3. The van der Waals surface area contributed by atoms with Crippen molar-refractivity contribution in [3.8, 4) is 17.2 Å². The van der Waals surface area contributed by atoms with Gasteiger partial charge < -0.3 is 14.2 Å². The number of carbonyl (C=O) groups excluding carboxylic acids is 2. The number of hydrogen-bond acceptors (Lipinski definition) is 6. The lowest BCUT2D eigenvalue weighted by atomic mass is 9.84. The highest BCUT2D eigenvalue weighted by molar-refractivity contribution is 6.15. The van der Waals surface area contributed by atoms with E-state index in [1.165, 1.54) is 0 Å². The van der Waals surface area contributed by atoms with Crippen LogP contribution < -0.4 is 14.2 Å². The molecule has 6 heteroatoms. The monoisotopic (exact) mass is 475 g/mol. The highest BCUT2D eigenvalue weighted by Gasteiger charge is 2.39. The number of esters is 1. The number of aromatic nitrogens is 1. The van der Waals surface area contributed by atoms with Gasteiger partial charge in [0, 0.05) is 23.2 Å². The summed E-state index contributed by atoms with van der Waals surface area (Å²) < 4.78 is 17.8. The molecule has 3 heterocycles. The summed E-state index contributed by atoms with van der Waals surface area (Å²) in [5.41, 5.74) is 3.59. The Bertz CT molecular complexity index is 1490. The molecule has 176 valence electrons. The number of pyridine rings is 1. The fourth-order valence-electron chi connectivity index (χ4n) is 4.61. The molecule has 0 aliphatic carbocycles. The molecule has 1 unspecified atom stereocenters. The summed E-state index contributed by atoms with van der Waals surface area (Å²) in [6, 6.07) is 26.1. The van der Waals surface area contributed by atoms with Gasteiger partial charge in [-0.15, -0.1) is 0 Å². The van der Waals surface area contributed by atoms with E-state index >= 15 is 0 Å². The van der Waals surface area contributed by atoms with Crippen molar-refractivity contribution in [2.24, 2.45) is 0 Å². The van der Waals surface area contributed by atoms with Gasteiger partial charge >= 0.3 is 5.97 Å². The van der Waals surface area contributed by atoms with E-state index in [1.807, 2.05) is 72.8 Å². The van der Waals surface area contributed by atoms with Gasteiger partial charge in [-0.1, -0.05) is 54.6 Å². The summed E-state index contributed by atoms with van der Waals surface area (Å²) >= 11 is 0. The first kappa shape index (κ1) is 21.8. The summed E-state index contributed by atoms with van der Waals surface area (Å²) in [7, 11) is 0. The number of Topliss-reactive ketones (excluding diaryl/α,β-unsaturated/α-hetero) is 1. The van der Waals surface area contributed by atoms with Crippen molar-refractivity contribution >= 4 is 17.8 Å². The predicted molar refractivity (Wildman–Crippen MR) is 133 cm³/mol. The van der Waals surface area contributed by atoms with Crippen LogP contribution >= 0.6 is 0 Å². The normalized spacial score (nSPS) is 17.2. The van der Waals surface area contributed by atoms with Crippen LogP contribution in [0.15, 0.2) is 96.9 Å². The highest BCUT2D eigenvalue weighted by atomic mass is 16.5. The molecule has 0 N–H and O–H groups in total. The minimum absolute atomic E-state index is 0.0999. The molecule has 1 atom stereocenters. The number of hydrogen-bond donors (Lipinski definition) is 0. The second-order valence-electron chi connectivity index (χ2n) is 8.58. The van der Waals surface area contributed by atoms with Crippen molar-refractivity contribution in [3.05, 3.63) is 125 Å². The smallest absolute Gasteiger partial charge is 0.312 e. The molecule has 0 spiro atoms. The van der Waals surface area contributed by atoms with Gasteiger partial charge in [-0.3, -0.25) is 14.6 Å². The van der Waals surface area contributed by atoms with Crippen molar-refractivity contribution in [1.82, 2.24) is 4.98 Å². The minimum atomic E-state index is -0.403. The lowest BCUT2D eigenvalue weighted by molar-refractivity contribution is -0.135. The summed E-state index contributed by atoms with van der Waals surface area (Å²) in [6.07, 6.45) is 3.54. The Hall–Kier alpha value is -4.71. The molecule has 6 nitrogen and oxygen atoms in total. The van der Waals surface area contributed by atoms with Crippen LogP contribution in [0.25, 0.3) is 6.08 Å². The number of benzene rings is 3. The highest BCUT2D eigenvalue weighted by Crippen LogP contribution is 2.50. The van der Waals surface area contributed by atoms with Gasteiger partial charge in [0.2, 0.25) is 5.78 Å². The third-order valence-corrected chi connectivity index (χ3v) is 6.27. The van der Waals surface area contributed by atoms with Crippen molar-refractivity contribution in [1.29, 1.82) is 0 Å². The maximum atomic E-state index is 13.2. The van der Waals surface area contributed by atoms with Gasteiger partial charge in [0.15, 0.2) is 5.76 Å². The summed E-state index contributed by atoms with van der Waals surface area (Å²) in [6.45, 7) is 0.285. The van der Waals surface area contributed by atoms with Gasteiger partial charge in [-0.25, -0.2) is 0 Å². The number of fused-ring (bicyclic) bond motifs is 3. The number of allylic oxidation sites excluding steroid dienone is 1. The maximum Gasteiger partial charge on any atom is 0.312 e. The van der Waals surface area contributed by atoms with Crippen LogP contribution in [0.1, 0.15) is 45.1 Å². The molecule has 36 heavy (non-hydrogen) atoms. The predicted octanol–water partition coefficient (Wildman–Crippen LogP) is 5.72. The topological polar surface area (TPSA) is 74.7 Å². The molecule has 0 saturated heterocycles. The molecule has 6 rings (SSSR count). The van der Waals surface area contributed by atoms with Gasteiger partial charge in [-0.05, 0) is 42.0 Å². The molecule has 0 amide bonds. The maximum absolute atomic E-state index is 13.2. The molecule has 3 aromatic carbocycles. The molecular formula is C30H21NO5. The zero-order valence-corrected chi connectivity index (χ0v) is 19.2. The first-order valence-electron chi connectivity index (χ1n) is 11.7. The summed E-state index contributed by atoms with van der Waals surface area (Å²) in [5.74, 6) is 0.735. The Labute approximate surface area is 207 Å². The molecule has 0 saturated carbocycles. The van der Waals surface area contributed by atoms with E-state index in [-0.39, 0.29) is 30.5 Å². The second-order valence-corrected chi connectivity index (χ2v) is 8.58. The van der Waals surface area contributed by atoms with Crippen LogP contribution in [0.2, 0.25) is 0 Å². The number of nitrogens with zero attached hydrogens (tertiary/aromatic N) is 1. The number of rotatable bonds is 5. The third kappa shape index (κ3) is 4.03. The van der Waals surface area contributed by atoms with Crippen LogP contribution in [-0.4, -0.2) is 16.7 Å². The fraction of sp³-hybridized carbons (Fsp3) is 0.100. The largest absolute Gasteiger partial charge is 0.487 e. The standard InChI is InChI=1S/C30H21NO5/c32-27-17-23(21-11-4-5-12-24(21)34-18-20-10-6-7-15-31-20)28-25(35-27)14-13-22-29(33)26(36-30(22)28)16-19-8-2-1-3-9-19/h1-16,23H,17-18H2. The molecule has 2 aliphatic rings. The van der Waals surface area contributed by atoms with Crippen LogP contribution in [0, 0.1) is 0 Å². The first-order valence-corrected chi connectivity index (χ1v) is 11.7. The van der Waals surface area contributed by atoms with Crippen molar-refractivity contribution in [3.63, 3.8) is 0 Å². The van der Waals surface area contributed by atoms with E-state index in [0.29, 0.717) is 28.4 Å². The Morgan fingerprint density at radius 2 is 1.69 bits per heavy atom. The molecule has 1 aromatic heterocycles. The van der Waals surface area contributed by atoms with Gasteiger partial charge in [0.05, 0.1) is 17.7 Å². The average Bonchev–Trinajstić information content (AvgIpc) is 3.23. The molecule has 2 aliphatic heterocycles. The van der Waals surface area contributed by atoms with Gasteiger partial charge in [-0.2, -0.15) is 0 Å². The Kier molecular flexibility index (Phi) is 5.54. The zero-order valence-electron chi connectivity index (χ0n) is 19.2. The van der Waals surface area contributed by atoms with Gasteiger partial charge in [0.1, 0.15) is 23.9 Å². The number of para-hydroxylation sites is 1. The molecule has 0 radical (unpaired) electrons. The van der Waals surface area contributed by atoms with E-state index in [0.717, 1.165) is 16.8 Å². The van der Waals surface area contributed by atoms with E-state index < -0.39 is 5.92 Å². The summed E-state index contributed by atoms with van der Waals surface area (Å²) in [5, 5.41) is 0. The molecule has 0 fully saturated rings.